The molecule has 21 heavy (non-hydrogen) atoms. The van der Waals surface area contributed by atoms with Crippen molar-refractivity contribution >= 4 is 25.6 Å². The van der Waals surface area contributed by atoms with E-state index in [1.54, 1.807) is 0 Å². The maximum absolute atomic E-state index is 12.6. The van der Waals surface area contributed by atoms with Crippen LogP contribution in [0, 0.1) is 0 Å². The van der Waals surface area contributed by atoms with Gasteiger partial charge in [-0.25, -0.2) is 8.42 Å². The third-order valence-electron chi connectivity index (χ3n) is 3.99. The molecule has 4 nitrogen and oxygen atoms in total. The highest BCUT2D eigenvalue weighted by Crippen LogP contribution is 2.22. The maximum atomic E-state index is 12.6. The third-order valence-corrected chi connectivity index (χ3v) is 5.36. The SMILES string of the molecule is CCC1CCCCCN1C(=O)c1ccc(S(=O)(=O)Cl)cc1. The van der Waals surface area contributed by atoms with Crippen LogP contribution in [0.2, 0.25) is 0 Å². The molecule has 1 atom stereocenters. The summed E-state index contributed by atoms with van der Waals surface area (Å²) < 4.78 is 22.5. The second-order valence-electron chi connectivity index (χ2n) is 5.37. The van der Waals surface area contributed by atoms with Gasteiger partial charge >= 0.3 is 0 Å². The number of amides is 1. The van der Waals surface area contributed by atoms with Crippen molar-refractivity contribution in [2.24, 2.45) is 0 Å². The van der Waals surface area contributed by atoms with E-state index in [2.05, 4.69) is 6.92 Å². The van der Waals surface area contributed by atoms with E-state index >= 15 is 0 Å². The molecule has 1 unspecified atom stereocenters. The van der Waals surface area contributed by atoms with Gasteiger partial charge in [-0.05, 0) is 43.5 Å². The minimum Gasteiger partial charge on any atom is -0.336 e. The van der Waals surface area contributed by atoms with E-state index in [9.17, 15) is 13.2 Å². The predicted molar refractivity (Wildman–Crippen MR) is 83.1 cm³/mol. The Hall–Kier alpha value is -1.07. The van der Waals surface area contributed by atoms with Gasteiger partial charge in [0.1, 0.15) is 0 Å². The van der Waals surface area contributed by atoms with Crippen molar-refractivity contribution in [1.29, 1.82) is 0 Å². The summed E-state index contributed by atoms with van der Waals surface area (Å²) in [7, 11) is 1.54. The average Bonchev–Trinajstić information content (AvgIpc) is 2.70. The molecule has 1 aliphatic heterocycles. The zero-order chi connectivity index (χ0) is 15.5. The van der Waals surface area contributed by atoms with Crippen molar-refractivity contribution in [2.45, 2.75) is 50.0 Å². The standard InChI is InChI=1S/C15H20ClNO3S/c1-2-13-6-4-3-5-11-17(13)15(18)12-7-9-14(10-8-12)21(16,19)20/h7-10,13H,2-6,11H2,1H3. The van der Waals surface area contributed by atoms with Crippen molar-refractivity contribution in [3.05, 3.63) is 29.8 Å². The Labute approximate surface area is 130 Å². The number of benzene rings is 1. The van der Waals surface area contributed by atoms with Gasteiger partial charge in [0.15, 0.2) is 0 Å². The van der Waals surface area contributed by atoms with Crippen LogP contribution < -0.4 is 0 Å². The molecule has 0 bridgehead atoms. The molecule has 1 saturated heterocycles. The molecule has 1 aliphatic rings. The van der Waals surface area contributed by atoms with E-state index in [4.69, 9.17) is 10.7 Å². The van der Waals surface area contributed by atoms with Crippen LogP contribution in [0.1, 0.15) is 49.4 Å². The third kappa shape index (κ3) is 3.98. The first-order valence-electron chi connectivity index (χ1n) is 7.29. The zero-order valence-electron chi connectivity index (χ0n) is 12.1. The van der Waals surface area contributed by atoms with Gasteiger partial charge in [-0.3, -0.25) is 4.79 Å². The predicted octanol–water partition coefficient (Wildman–Crippen LogP) is 3.41. The lowest BCUT2D eigenvalue weighted by atomic mass is 10.1. The summed E-state index contributed by atoms with van der Waals surface area (Å²) >= 11 is 0. The molecule has 1 aromatic carbocycles. The van der Waals surface area contributed by atoms with Crippen LogP contribution in [-0.4, -0.2) is 31.8 Å². The lowest BCUT2D eigenvalue weighted by Gasteiger charge is -2.29. The zero-order valence-corrected chi connectivity index (χ0v) is 13.7. The second kappa shape index (κ2) is 6.79. The quantitative estimate of drug-likeness (QED) is 0.798. The van der Waals surface area contributed by atoms with E-state index in [0.29, 0.717) is 5.56 Å². The van der Waals surface area contributed by atoms with Gasteiger partial charge in [0.2, 0.25) is 0 Å². The van der Waals surface area contributed by atoms with Gasteiger partial charge in [0.05, 0.1) is 4.90 Å². The fourth-order valence-electron chi connectivity index (χ4n) is 2.80. The van der Waals surface area contributed by atoms with Crippen molar-refractivity contribution in [1.82, 2.24) is 4.90 Å². The van der Waals surface area contributed by atoms with Crippen LogP contribution in [0.3, 0.4) is 0 Å². The van der Waals surface area contributed by atoms with Crippen molar-refractivity contribution in [3.8, 4) is 0 Å². The second-order valence-corrected chi connectivity index (χ2v) is 7.94. The number of nitrogens with zero attached hydrogens (tertiary/aromatic N) is 1. The number of hydrogen-bond donors (Lipinski definition) is 0. The summed E-state index contributed by atoms with van der Waals surface area (Å²) in [5, 5.41) is 0. The molecule has 1 heterocycles. The average molecular weight is 330 g/mol. The van der Waals surface area contributed by atoms with Crippen molar-refractivity contribution in [2.75, 3.05) is 6.54 Å². The van der Waals surface area contributed by atoms with Crippen molar-refractivity contribution < 1.29 is 13.2 Å². The summed E-state index contributed by atoms with van der Waals surface area (Å²) in [6, 6.07) is 6.11. The smallest absolute Gasteiger partial charge is 0.261 e. The van der Waals surface area contributed by atoms with Crippen LogP contribution in [0.15, 0.2) is 29.2 Å². The summed E-state index contributed by atoms with van der Waals surface area (Å²) in [6.45, 7) is 2.87. The minimum absolute atomic E-state index is 0.0172. The molecular formula is C15H20ClNO3S. The van der Waals surface area contributed by atoms with Gasteiger partial charge in [0.25, 0.3) is 15.0 Å². The number of halogens is 1. The molecule has 1 fully saturated rings. The summed E-state index contributed by atoms with van der Waals surface area (Å²) in [4.78, 5) is 14.6. The number of carbonyl (C=O) groups is 1. The molecule has 0 saturated carbocycles. The molecular weight excluding hydrogens is 310 g/mol. The molecule has 0 spiro atoms. The minimum atomic E-state index is -3.74. The fraction of sp³-hybridized carbons (Fsp3) is 0.533. The summed E-state index contributed by atoms with van der Waals surface area (Å²) in [5.74, 6) is -0.0257. The van der Waals surface area contributed by atoms with E-state index in [1.165, 1.54) is 24.3 Å². The Morgan fingerprint density at radius 2 is 1.90 bits per heavy atom. The molecule has 2 rings (SSSR count). The molecule has 0 aliphatic carbocycles. The molecule has 0 N–H and O–H groups in total. The number of carbonyl (C=O) groups excluding carboxylic acids is 1. The van der Waals surface area contributed by atoms with Crippen LogP contribution >= 0.6 is 10.7 Å². The summed E-state index contributed by atoms with van der Waals surface area (Å²) in [6.07, 6.45) is 5.32. The molecule has 6 heteroatoms. The Kier molecular flexibility index (Phi) is 5.27. The van der Waals surface area contributed by atoms with Crippen LogP contribution in [0.25, 0.3) is 0 Å². The first-order valence-corrected chi connectivity index (χ1v) is 9.60. The van der Waals surface area contributed by atoms with Crippen LogP contribution in [0.5, 0.6) is 0 Å². The normalized spacial score (nSPS) is 20.1. The van der Waals surface area contributed by atoms with Crippen molar-refractivity contribution in [3.63, 3.8) is 0 Å². The van der Waals surface area contributed by atoms with Gasteiger partial charge in [-0.2, -0.15) is 0 Å². The molecule has 116 valence electrons. The van der Waals surface area contributed by atoms with Gasteiger partial charge in [0, 0.05) is 28.8 Å². The van der Waals surface area contributed by atoms with E-state index < -0.39 is 9.05 Å². The fourth-order valence-corrected chi connectivity index (χ4v) is 3.56. The van der Waals surface area contributed by atoms with Gasteiger partial charge in [-0.15, -0.1) is 0 Å². The van der Waals surface area contributed by atoms with Crippen LogP contribution in [-0.2, 0) is 9.05 Å². The highest BCUT2D eigenvalue weighted by molar-refractivity contribution is 8.13. The summed E-state index contributed by atoms with van der Waals surface area (Å²) in [5.41, 5.74) is 0.513. The first kappa shape index (κ1) is 16.3. The van der Waals surface area contributed by atoms with E-state index in [1.807, 2.05) is 4.90 Å². The lowest BCUT2D eigenvalue weighted by Crippen LogP contribution is -2.39. The monoisotopic (exact) mass is 329 g/mol. The first-order chi connectivity index (χ1) is 9.93. The highest BCUT2D eigenvalue weighted by Gasteiger charge is 2.25. The Bertz CT molecular complexity index is 598. The number of hydrogen-bond acceptors (Lipinski definition) is 3. The Morgan fingerprint density at radius 1 is 1.24 bits per heavy atom. The topological polar surface area (TPSA) is 54.5 Å². The molecule has 1 aromatic rings. The molecule has 1 amide bonds. The largest absolute Gasteiger partial charge is 0.336 e. The van der Waals surface area contributed by atoms with Gasteiger partial charge < -0.3 is 4.90 Å². The van der Waals surface area contributed by atoms with Crippen LogP contribution in [0.4, 0.5) is 0 Å². The Morgan fingerprint density at radius 3 is 2.48 bits per heavy atom. The number of likely N-dealkylation sites (tertiary alicyclic amines) is 1. The van der Waals surface area contributed by atoms with E-state index in [-0.39, 0.29) is 16.8 Å². The maximum Gasteiger partial charge on any atom is 0.261 e. The highest BCUT2D eigenvalue weighted by atomic mass is 35.7. The number of rotatable bonds is 3. The van der Waals surface area contributed by atoms with E-state index in [0.717, 1.165) is 38.6 Å². The molecule has 0 radical (unpaired) electrons. The Balaban J connectivity index is 2.22. The van der Waals surface area contributed by atoms with Gasteiger partial charge in [-0.1, -0.05) is 19.8 Å². The molecule has 0 aromatic heterocycles. The lowest BCUT2D eigenvalue weighted by molar-refractivity contribution is 0.0678.